The van der Waals surface area contributed by atoms with Crippen molar-refractivity contribution in [3.8, 4) is 0 Å². The van der Waals surface area contributed by atoms with E-state index in [4.69, 9.17) is 0 Å². The van der Waals surface area contributed by atoms with Gasteiger partial charge in [-0.05, 0) is 6.20 Å². The van der Waals surface area contributed by atoms with E-state index in [1.807, 2.05) is 20.9 Å². The summed E-state index contributed by atoms with van der Waals surface area (Å²) in [6.07, 6.45) is 4.76. The highest BCUT2D eigenvalue weighted by Gasteiger charge is 1.73. The molecule has 0 radical (unpaired) electrons. The Morgan fingerprint density at radius 2 is 1.80 bits per heavy atom. The second-order valence-electron chi connectivity index (χ2n) is 1.30. The molecule has 0 unspecified atom stereocenters. The minimum atomic E-state index is 1.47. The summed E-state index contributed by atoms with van der Waals surface area (Å²) in [5.74, 6) is 0. The number of hydrogen-bond donors (Lipinski definition) is 0. The molecule has 0 saturated heterocycles. The summed E-state index contributed by atoms with van der Waals surface area (Å²) in [5.41, 5.74) is 0. The lowest BCUT2D eigenvalue weighted by atomic mass is 10.8. The molecule has 0 aliphatic carbocycles. The lowest BCUT2D eigenvalue weighted by Crippen LogP contribution is -2.04. The Balaban J connectivity index is 0. The fourth-order valence-electron chi connectivity index (χ4n) is 0.199. The largest absolute Gasteiger partial charge is 0.343 e. The van der Waals surface area contributed by atoms with Gasteiger partial charge in [0.05, 0.1) is 6.34 Å². The monoisotopic (exact) mass is 140 g/mol. The Labute approximate surface area is 63.6 Å². The first-order valence-corrected chi connectivity index (χ1v) is 3.30. The van der Waals surface area contributed by atoms with Gasteiger partial charge in [0.25, 0.3) is 0 Å². The second-order valence-corrected chi connectivity index (χ2v) is 1.30. The van der Waals surface area contributed by atoms with Crippen molar-refractivity contribution in [3.63, 3.8) is 0 Å². The highest BCUT2D eigenvalue weighted by molar-refractivity contribution is 5.56. The van der Waals surface area contributed by atoms with Crippen LogP contribution in [0, 0.1) is 0 Å². The van der Waals surface area contributed by atoms with Crippen molar-refractivity contribution in [2.24, 2.45) is 4.99 Å². The van der Waals surface area contributed by atoms with Crippen LogP contribution in [-0.4, -0.2) is 18.3 Å². The van der Waals surface area contributed by atoms with Gasteiger partial charge in [0.1, 0.15) is 0 Å². The zero-order chi connectivity index (χ0) is 8.41. The molecule has 0 aromatic heterocycles. The van der Waals surface area contributed by atoms with Gasteiger partial charge in [-0.15, -0.1) is 0 Å². The van der Waals surface area contributed by atoms with Crippen LogP contribution in [0.5, 0.6) is 0 Å². The van der Waals surface area contributed by atoms with Crippen LogP contribution in [0.4, 0.5) is 0 Å². The van der Waals surface area contributed by atoms with Crippen LogP contribution in [0.25, 0.3) is 0 Å². The fraction of sp³-hybridized carbons (Fsp3) is 0.375. The third-order valence-corrected chi connectivity index (χ3v) is 0.642. The van der Waals surface area contributed by atoms with Crippen LogP contribution in [0.2, 0.25) is 0 Å². The van der Waals surface area contributed by atoms with Gasteiger partial charge in [-0.2, -0.15) is 0 Å². The van der Waals surface area contributed by atoms with Gasteiger partial charge in [-0.25, -0.2) is 4.99 Å². The number of nitrogens with zero attached hydrogens (tertiary/aromatic N) is 2. The zero-order valence-electron chi connectivity index (χ0n) is 7.04. The molecule has 10 heavy (non-hydrogen) atoms. The van der Waals surface area contributed by atoms with Gasteiger partial charge in [-0.3, -0.25) is 0 Å². The van der Waals surface area contributed by atoms with Crippen molar-refractivity contribution in [2.45, 2.75) is 13.8 Å². The van der Waals surface area contributed by atoms with E-state index in [1.54, 1.807) is 17.4 Å². The molecule has 0 spiro atoms. The van der Waals surface area contributed by atoms with Gasteiger partial charge in [0.15, 0.2) is 0 Å². The van der Waals surface area contributed by atoms with E-state index in [1.165, 1.54) is 6.20 Å². The van der Waals surface area contributed by atoms with Crippen LogP contribution in [0.15, 0.2) is 30.6 Å². The van der Waals surface area contributed by atoms with Crippen molar-refractivity contribution >= 4 is 6.34 Å². The summed E-state index contributed by atoms with van der Waals surface area (Å²) in [7, 11) is 1.85. The van der Waals surface area contributed by atoms with Crippen LogP contribution in [0.3, 0.4) is 0 Å². The van der Waals surface area contributed by atoms with E-state index in [9.17, 15) is 0 Å². The molecular weight excluding hydrogens is 124 g/mol. The first-order valence-electron chi connectivity index (χ1n) is 3.30. The highest BCUT2D eigenvalue weighted by atomic mass is 15.1. The summed E-state index contributed by atoms with van der Waals surface area (Å²) in [4.78, 5) is 5.47. The molecule has 2 nitrogen and oxygen atoms in total. The number of hydrogen-bond acceptors (Lipinski definition) is 1. The standard InChI is InChI=1S/C6H10N2.C2H6/c1-4-7-6-8(3)5-2;1-2/h4-6H,1-2H2,3H3;1-2H3. The topological polar surface area (TPSA) is 15.6 Å². The molecule has 0 rings (SSSR count). The molecular formula is C8H16N2. The highest BCUT2D eigenvalue weighted by Crippen LogP contribution is 1.74. The average molecular weight is 140 g/mol. The molecule has 2 heteroatoms. The summed E-state index contributed by atoms with van der Waals surface area (Å²) in [5, 5.41) is 0. The van der Waals surface area contributed by atoms with Gasteiger partial charge in [0, 0.05) is 13.2 Å². The summed E-state index contributed by atoms with van der Waals surface area (Å²) < 4.78 is 0. The van der Waals surface area contributed by atoms with E-state index in [2.05, 4.69) is 18.2 Å². The average Bonchev–Trinajstić information content (AvgIpc) is 2.04. The first-order chi connectivity index (χ1) is 4.81. The Bertz CT molecular complexity index is 106. The van der Waals surface area contributed by atoms with Crippen molar-refractivity contribution in [1.82, 2.24) is 4.90 Å². The lowest BCUT2D eigenvalue weighted by molar-refractivity contribution is 0.713. The number of rotatable bonds is 3. The Morgan fingerprint density at radius 3 is 2.10 bits per heavy atom. The Morgan fingerprint density at radius 1 is 1.30 bits per heavy atom. The molecule has 58 valence electrons. The van der Waals surface area contributed by atoms with Crippen LogP contribution in [0.1, 0.15) is 13.8 Å². The van der Waals surface area contributed by atoms with E-state index < -0.39 is 0 Å². The normalized spacial score (nSPS) is 7.90. The van der Waals surface area contributed by atoms with E-state index in [0.717, 1.165) is 0 Å². The second kappa shape index (κ2) is 10.8. The molecule has 0 amide bonds. The van der Waals surface area contributed by atoms with Crippen molar-refractivity contribution in [1.29, 1.82) is 0 Å². The summed E-state index contributed by atoms with van der Waals surface area (Å²) in [6.45, 7) is 10.9. The maximum Gasteiger partial charge on any atom is 0.0941 e. The predicted octanol–water partition coefficient (Wildman–Crippen LogP) is 2.26. The molecule has 0 aliphatic heterocycles. The molecule has 0 aromatic rings. The minimum Gasteiger partial charge on any atom is -0.343 e. The van der Waals surface area contributed by atoms with Gasteiger partial charge < -0.3 is 4.90 Å². The molecule has 0 aromatic carbocycles. The number of aliphatic imine (C=N–C) groups is 1. The smallest absolute Gasteiger partial charge is 0.0941 e. The molecule has 0 saturated carbocycles. The van der Waals surface area contributed by atoms with Gasteiger partial charge >= 0.3 is 0 Å². The van der Waals surface area contributed by atoms with Crippen molar-refractivity contribution in [2.75, 3.05) is 7.05 Å². The third kappa shape index (κ3) is 10.0. The fourth-order valence-corrected chi connectivity index (χ4v) is 0.199. The van der Waals surface area contributed by atoms with E-state index in [0.29, 0.717) is 0 Å². The minimum absolute atomic E-state index is 1.47. The van der Waals surface area contributed by atoms with Crippen LogP contribution < -0.4 is 0 Å². The molecule has 0 bridgehead atoms. The third-order valence-electron chi connectivity index (χ3n) is 0.642. The van der Waals surface area contributed by atoms with Crippen molar-refractivity contribution in [3.05, 3.63) is 25.6 Å². The van der Waals surface area contributed by atoms with Crippen LogP contribution >= 0.6 is 0 Å². The predicted molar refractivity (Wildman–Crippen MR) is 48.0 cm³/mol. The quantitative estimate of drug-likeness (QED) is 0.433. The Kier molecular flexibility index (Phi) is 12.7. The van der Waals surface area contributed by atoms with Gasteiger partial charge in [-0.1, -0.05) is 27.0 Å². The summed E-state index contributed by atoms with van der Waals surface area (Å²) >= 11 is 0. The summed E-state index contributed by atoms with van der Waals surface area (Å²) in [6, 6.07) is 0. The Hall–Kier alpha value is -1.05. The maximum atomic E-state index is 3.74. The molecule has 0 N–H and O–H groups in total. The van der Waals surface area contributed by atoms with E-state index >= 15 is 0 Å². The first kappa shape index (κ1) is 11.7. The molecule has 0 atom stereocenters. The van der Waals surface area contributed by atoms with Gasteiger partial charge in [0.2, 0.25) is 0 Å². The maximum absolute atomic E-state index is 3.74. The molecule has 0 fully saturated rings. The molecule has 0 heterocycles. The van der Waals surface area contributed by atoms with Crippen LogP contribution in [-0.2, 0) is 0 Å². The van der Waals surface area contributed by atoms with Crippen molar-refractivity contribution < 1.29 is 0 Å². The van der Waals surface area contributed by atoms with E-state index in [-0.39, 0.29) is 0 Å². The molecule has 0 aliphatic rings. The zero-order valence-corrected chi connectivity index (χ0v) is 7.04. The lowest BCUT2D eigenvalue weighted by Gasteiger charge is -2.01. The SMILES string of the molecule is C=CN=CN(C)C=C.CC.